The number of nitrogens with zero attached hydrogens (tertiary/aromatic N) is 5. The number of hydrogen-bond donors (Lipinski definition) is 1. The van der Waals surface area contributed by atoms with Crippen LogP contribution in [0.5, 0.6) is 0 Å². The van der Waals surface area contributed by atoms with E-state index in [1.165, 1.54) is 0 Å². The van der Waals surface area contributed by atoms with Gasteiger partial charge in [-0.3, -0.25) is 0 Å². The molecule has 0 unspecified atom stereocenters. The predicted octanol–water partition coefficient (Wildman–Crippen LogP) is 1.03. The molecule has 2 heterocycles. The molecule has 0 fully saturated rings. The molecule has 0 radical (unpaired) electrons. The Labute approximate surface area is 118 Å². The van der Waals surface area contributed by atoms with Gasteiger partial charge in [0.1, 0.15) is 24.1 Å². The molecule has 0 amide bonds. The van der Waals surface area contributed by atoms with E-state index in [0.717, 1.165) is 17.5 Å². The Bertz CT molecular complexity index is 568. The highest BCUT2D eigenvalue weighted by atomic mass is 16.5. The zero-order valence-electron chi connectivity index (χ0n) is 12.3. The Balaban J connectivity index is 2.22. The molecule has 2 aromatic rings. The number of rotatable bonds is 6. The third-order valence-corrected chi connectivity index (χ3v) is 2.98. The molecule has 2 aromatic heterocycles. The van der Waals surface area contributed by atoms with E-state index in [0.29, 0.717) is 19.0 Å². The van der Waals surface area contributed by atoms with Crippen molar-refractivity contribution in [1.29, 1.82) is 0 Å². The van der Waals surface area contributed by atoms with Gasteiger partial charge in [0, 0.05) is 46.7 Å². The monoisotopic (exact) mass is 276 g/mol. The second-order valence-electron chi connectivity index (χ2n) is 4.52. The lowest BCUT2D eigenvalue weighted by Crippen LogP contribution is -2.21. The van der Waals surface area contributed by atoms with E-state index in [-0.39, 0.29) is 0 Å². The summed E-state index contributed by atoms with van der Waals surface area (Å²) < 4.78 is 7.09. The lowest BCUT2D eigenvalue weighted by Gasteiger charge is -2.19. The molecule has 0 spiro atoms. The summed E-state index contributed by atoms with van der Waals surface area (Å²) >= 11 is 0. The van der Waals surface area contributed by atoms with Crippen molar-refractivity contribution in [2.24, 2.45) is 7.05 Å². The lowest BCUT2D eigenvalue weighted by atomic mass is 10.4. The van der Waals surface area contributed by atoms with Gasteiger partial charge in [0.25, 0.3) is 0 Å². The van der Waals surface area contributed by atoms with Crippen LogP contribution in [-0.4, -0.2) is 40.7 Å². The molecule has 108 valence electrons. The molecule has 0 atom stereocenters. The van der Waals surface area contributed by atoms with Crippen LogP contribution in [0.15, 0.2) is 18.5 Å². The van der Waals surface area contributed by atoms with Gasteiger partial charge < -0.3 is 19.5 Å². The molecule has 0 aliphatic heterocycles. The summed E-state index contributed by atoms with van der Waals surface area (Å²) in [5.41, 5.74) is 0. The van der Waals surface area contributed by atoms with Gasteiger partial charge in [-0.05, 0) is 0 Å². The van der Waals surface area contributed by atoms with Gasteiger partial charge >= 0.3 is 0 Å². The van der Waals surface area contributed by atoms with Crippen molar-refractivity contribution in [1.82, 2.24) is 19.5 Å². The van der Waals surface area contributed by atoms with E-state index in [9.17, 15) is 0 Å². The zero-order chi connectivity index (χ0) is 14.5. The van der Waals surface area contributed by atoms with Crippen LogP contribution in [0.25, 0.3) is 0 Å². The molecule has 20 heavy (non-hydrogen) atoms. The van der Waals surface area contributed by atoms with Crippen molar-refractivity contribution in [3.63, 3.8) is 0 Å². The number of aryl methyl sites for hydroxylation is 1. The molecule has 0 saturated heterocycles. The summed E-state index contributed by atoms with van der Waals surface area (Å²) in [6.07, 6.45) is 3.72. The van der Waals surface area contributed by atoms with Crippen molar-refractivity contribution in [3.05, 3.63) is 30.1 Å². The molecular weight excluding hydrogens is 256 g/mol. The molecule has 1 N–H and O–H groups in total. The fourth-order valence-electron chi connectivity index (χ4n) is 1.84. The normalized spacial score (nSPS) is 10.6. The minimum Gasteiger partial charge on any atom is -0.377 e. The molecular formula is C13H20N6O. The Hall–Kier alpha value is -2.15. The second kappa shape index (κ2) is 6.33. The van der Waals surface area contributed by atoms with Crippen molar-refractivity contribution < 1.29 is 4.74 Å². The first-order chi connectivity index (χ1) is 9.63. The summed E-state index contributed by atoms with van der Waals surface area (Å²) in [7, 11) is 7.42. The van der Waals surface area contributed by atoms with Crippen LogP contribution >= 0.6 is 0 Å². The van der Waals surface area contributed by atoms with Crippen LogP contribution < -0.4 is 10.2 Å². The molecule has 0 aliphatic carbocycles. The molecule has 0 aliphatic rings. The Morgan fingerprint density at radius 2 is 2.20 bits per heavy atom. The van der Waals surface area contributed by atoms with Gasteiger partial charge in [-0.25, -0.2) is 15.0 Å². The summed E-state index contributed by atoms with van der Waals surface area (Å²) in [5.74, 6) is 3.24. The Morgan fingerprint density at radius 1 is 1.40 bits per heavy atom. The van der Waals surface area contributed by atoms with Crippen LogP contribution in [-0.2, 0) is 24.9 Å². The van der Waals surface area contributed by atoms with Crippen molar-refractivity contribution >= 4 is 11.6 Å². The molecule has 0 bridgehead atoms. The highest BCUT2D eigenvalue weighted by molar-refractivity contribution is 5.48. The Morgan fingerprint density at radius 3 is 2.80 bits per heavy atom. The van der Waals surface area contributed by atoms with Gasteiger partial charge in [-0.2, -0.15) is 0 Å². The maximum Gasteiger partial charge on any atom is 0.158 e. The van der Waals surface area contributed by atoms with E-state index < -0.39 is 0 Å². The van der Waals surface area contributed by atoms with Crippen molar-refractivity contribution in [2.45, 2.75) is 13.2 Å². The first-order valence-electron chi connectivity index (χ1n) is 6.36. The number of hydrogen-bond acceptors (Lipinski definition) is 6. The quantitative estimate of drug-likeness (QED) is 0.850. The van der Waals surface area contributed by atoms with E-state index in [1.54, 1.807) is 13.3 Å². The molecule has 0 saturated carbocycles. The minimum absolute atomic E-state index is 0.388. The van der Waals surface area contributed by atoms with E-state index >= 15 is 0 Å². The van der Waals surface area contributed by atoms with Gasteiger partial charge in [0.05, 0.1) is 6.54 Å². The van der Waals surface area contributed by atoms with Crippen molar-refractivity contribution in [3.8, 4) is 0 Å². The van der Waals surface area contributed by atoms with E-state index in [2.05, 4.69) is 20.3 Å². The largest absolute Gasteiger partial charge is 0.377 e. The maximum absolute atomic E-state index is 5.10. The SMILES string of the molecule is CNc1cc(N(C)Cc2nccn2C)nc(COC)n1. The van der Waals surface area contributed by atoms with Crippen LogP contribution in [0.4, 0.5) is 11.6 Å². The van der Waals surface area contributed by atoms with Crippen LogP contribution in [0.2, 0.25) is 0 Å². The average molecular weight is 276 g/mol. The highest BCUT2D eigenvalue weighted by Gasteiger charge is 2.10. The average Bonchev–Trinajstić information content (AvgIpc) is 2.84. The number of methoxy groups -OCH3 is 1. The van der Waals surface area contributed by atoms with E-state index in [4.69, 9.17) is 4.74 Å². The number of nitrogens with one attached hydrogen (secondary N) is 1. The Kier molecular flexibility index (Phi) is 4.52. The first-order valence-corrected chi connectivity index (χ1v) is 6.36. The van der Waals surface area contributed by atoms with Crippen molar-refractivity contribution in [2.75, 3.05) is 31.4 Å². The fourth-order valence-corrected chi connectivity index (χ4v) is 1.84. The number of aromatic nitrogens is 4. The number of anilines is 2. The molecule has 7 heteroatoms. The topological polar surface area (TPSA) is 68.1 Å². The third kappa shape index (κ3) is 3.24. The zero-order valence-corrected chi connectivity index (χ0v) is 12.3. The summed E-state index contributed by atoms with van der Waals surface area (Å²) in [6.45, 7) is 1.06. The van der Waals surface area contributed by atoms with Crippen LogP contribution in [0.1, 0.15) is 11.6 Å². The number of ether oxygens (including phenoxy) is 1. The van der Waals surface area contributed by atoms with Gasteiger partial charge in [0.15, 0.2) is 5.82 Å². The molecule has 0 aromatic carbocycles. The molecule has 7 nitrogen and oxygen atoms in total. The van der Waals surface area contributed by atoms with Crippen LogP contribution in [0, 0.1) is 0 Å². The maximum atomic E-state index is 5.10. The van der Waals surface area contributed by atoms with Gasteiger partial charge in [0.2, 0.25) is 0 Å². The number of imidazole rings is 1. The first kappa shape index (κ1) is 14.3. The lowest BCUT2D eigenvalue weighted by molar-refractivity contribution is 0.178. The third-order valence-electron chi connectivity index (χ3n) is 2.98. The smallest absolute Gasteiger partial charge is 0.158 e. The summed E-state index contributed by atoms with van der Waals surface area (Å²) in [4.78, 5) is 15.2. The summed E-state index contributed by atoms with van der Waals surface area (Å²) in [5, 5.41) is 3.04. The fraction of sp³-hybridized carbons (Fsp3) is 0.462. The molecule has 2 rings (SSSR count). The van der Waals surface area contributed by atoms with Crippen LogP contribution in [0.3, 0.4) is 0 Å². The highest BCUT2D eigenvalue weighted by Crippen LogP contribution is 2.16. The van der Waals surface area contributed by atoms with Gasteiger partial charge in [-0.1, -0.05) is 0 Å². The van der Waals surface area contributed by atoms with Gasteiger partial charge in [-0.15, -0.1) is 0 Å². The van der Waals surface area contributed by atoms with E-state index in [1.807, 2.05) is 42.9 Å². The standard InChI is InChI=1S/C13H20N6O/c1-14-10-7-12(17-11(16-10)9-20-4)19(3)8-13-15-5-6-18(13)2/h5-7H,8-9H2,1-4H3,(H,14,16,17). The predicted molar refractivity (Wildman–Crippen MR) is 77.6 cm³/mol. The summed E-state index contributed by atoms with van der Waals surface area (Å²) in [6, 6.07) is 1.90. The second-order valence-corrected chi connectivity index (χ2v) is 4.52. The minimum atomic E-state index is 0.388.